The Balaban J connectivity index is 2.14. The van der Waals surface area contributed by atoms with Crippen molar-refractivity contribution in [2.24, 2.45) is 5.73 Å². The quantitative estimate of drug-likeness (QED) is 0.832. The number of ether oxygens (including phenoxy) is 1. The van der Waals surface area contributed by atoms with Gasteiger partial charge < -0.3 is 15.8 Å². The molecule has 0 aliphatic carbocycles. The van der Waals surface area contributed by atoms with Crippen LogP contribution in [0.2, 0.25) is 0 Å². The van der Waals surface area contributed by atoms with E-state index in [2.05, 4.69) is 10.3 Å². The van der Waals surface area contributed by atoms with Crippen molar-refractivity contribution in [2.45, 2.75) is 6.54 Å². The predicted octanol–water partition coefficient (Wildman–Crippen LogP) is 2.61. The van der Waals surface area contributed by atoms with Crippen LogP contribution in [0, 0.1) is 11.6 Å². The van der Waals surface area contributed by atoms with Crippen LogP contribution in [0.1, 0.15) is 11.1 Å². The zero-order valence-electron chi connectivity index (χ0n) is 11.2. The minimum Gasteiger partial charge on any atom is -0.481 e. The summed E-state index contributed by atoms with van der Waals surface area (Å²) in [6.45, 7) is 0.219. The van der Waals surface area contributed by atoms with Gasteiger partial charge in [0.1, 0.15) is 22.3 Å². The molecule has 0 bridgehead atoms. The molecule has 1 aromatic carbocycles. The van der Waals surface area contributed by atoms with Gasteiger partial charge in [0.25, 0.3) is 0 Å². The molecule has 7 heteroatoms. The first kappa shape index (κ1) is 15.1. The van der Waals surface area contributed by atoms with Gasteiger partial charge in [0.15, 0.2) is 0 Å². The van der Waals surface area contributed by atoms with Crippen molar-refractivity contribution in [3.05, 3.63) is 53.2 Å². The van der Waals surface area contributed by atoms with E-state index in [0.717, 1.165) is 17.7 Å². The zero-order chi connectivity index (χ0) is 15.4. The molecule has 0 saturated heterocycles. The maximum Gasteiger partial charge on any atom is 0.212 e. The van der Waals surface area contributed by atoms with Crippen LogP contribution in [-0.4, -0.2) is 17.1 Å². The largest absolute Gasteiger partial charge is 0.481 e. The van der Waals surface area contributed by atoms with Gasteiger partial charge in [-0.25, -0.2) is 13.8 Å². The second-order valence-corrected chi connectivity index (χ2v) is 4.68. The van der Waals surface area contributed by atoms with Gasteiger partial charge in [-0.05, 0) is 17.7 Å². The van der Waals surface area contributed by atoms with Crippen molar-refractivity contribution in [3.63, 3.8) is 0 Å². The Morgan fingerprint density at radius 2 is 2.00 bits per heavy atom. The maximum absolute atomic E-state index is 13.8. The third-order valence-electron chi connectivity index (χ3n) is 2.80. The summed E-state index contributed by atoms with van der Waals surface area (Å²) in [7, 11) is 1.51. The first-order valence-electron chi connectivity index (χ1n) is 6.03. The number of nitrogens with two attached hydrogens (primary N) is 1. The molecule has 21 heavy (non-hydrogen) atoms. The van der Waals surface area contributed by atoms with Gasteiger partial charge in [0.05, 0.1) is 7.11 Å². The summed E-state index contributed by atoms with van der Waals surface area (Å²) in [6.07, 6.45) is 1.56. The van der Waals surface area contributed by atoms with Gasteiger partial charge in [-0.3, -0.25) is 0 Å². The average Bonchev–Trinajstić information content (AvgIpc) is 2.46. The second-order valence-electron chi connectivity index (χ2n) is 4.24. The van der Waals surface area contributed by atoms with Crippen LogP contribution >= 0.6 is 12.2 Å². The van der Waals surface area contributed by atoms with Gasteiger partial charge in [0, 0.05) is 24.4 Å². The van der Waals surface area contributed by atoms with Crippen molar-refractivity contribution in [2.75, 3.05) is 12.4 Å². The highest BCUT2D eigenvalue weighted by molar-refractivity contribution is 7.80. The first-order valence-corrected chi connectivity index (χ1v) is 6.43. The van der Waals surface area contributed by atoms with E-state index in [1.165, 1.54) is 7.11 Å². The SMILES string of the molecule is COc1ccc(CNc2c(F)cc(C(N)=S)cc2F)cn1. The van der Waals surface area contributed by atoms with E-state index in [1.54, 1.807) is 18.3 Å². The number of aromatic nitrogens is 1. The molecule has 0 atom stereocenters. The van der Waals surface area contributed by atoms with Crippen LogP contribution in [0.3, 0.4) is 0 Å². The fourth-order valence-corrected chi connectivity index (χ4v) is 1.83. The summed E-state index contributed by atoms with van der Waals surface area (Å²) in [6, 6.07) is 5.61. The first-order chi connectivity index (χ1) is 10.0. The Labute approximate surface area is 125 Å². The fraction of sp³-hybridized carbons (Fsp3) is 0.143. The normalized spacial score (nSPS) is 10.2. The molecule has 0 aliphatic heterocycles. The van der Waals surface area contributed by atoms with Crippen molar-refractivity contribution < 1.29 is 13.5 Å². The predicted molar refractivity (Wildman–Crippen MR) is 80.4 cm³/mol. The highest BCUT2D eigenvalue weighted by Gasteiger charge is 2.12. The van der Waals surface area contributed by atoms with E-state index in [9.17, 15) is 8.78 Å². The van der Waals surface area contributed by atoms with Crippen LogP contribution in [0.25, 0.3) is 0 Å². The van der Waals surface area contributed by atoms with Gasteiger partial charge >= 0.3 is 0 Å². The lowest BCUT2D eigenvalue weighted by atomic mass is 10.1. The molecule has 1 heterocycles. The van der Waals surface area contributed by atoms with E-state index >= 15 is 0 Å². The lowest BCUT2D eigenvalue weighted by Gasteiger charge is -2.10. The number of hydrogen-bond acceptors (Lipinski definition) is 4. The number of halogens is 2. The number of thiocarbonyl (C=S) groups is 1. The van der Waals surface area contributed by atoms with E-state index in [-0.39, 0.29) is 22.8 Å². The number of hydrogen-bond donors (Lipinski definition) is 2. The van der Waals surface area contributed by atoms with Crippen molar-refractivity contribution in [3.8, 4) is 5.88 Å². The lowest BCUT2D eigenvalue weighted by molar-refractivity contribution is 0.397. The van der Waals surface area contributed by atoms with Crippen molar-refractivity contribution in [1.29, 1.82) is 0 Å². The van der Waals surface area contributed by atoms with Crippen molar-refractivity contribution in [1.82, 2.24) is 4.98 Å². The summed E-state index contributed by atoms with van der Waals surface area (Å²) in [5.74, 6) is -1.03. The van der Waals surface area contributed by atoms with Crippen LogP contribution in [0.15, 0.2) is 30.5 Å². The van der Waals surface area contributed by atoms with Crippen LogP contribution < -0.4 is 15.8 Å². The number of benzene rings is 1. The Kier molecular flexibility index (Phi) is 4.64. The van der Waals surface area contributed by atoms with Gasteiger partial charge in [-0.1, -0.05) is 18.3 Å². The fourth-order valence-electron chi connectivity index (χ4n) is 1.71. The molecule has 0 spiro atoms. The molecule has 0 fully saturated rings. The molecule has 0 amide bonds. The van der Waals surface area contributed by atoms with Crippen LogP contribution in [0.5, 0.6) is 5.88 Å². The van der Waals surface area contributed by atoms with Crippen LogP contribution in [-0.2, 0) is 6.54 Å². The molecule has 0 unspecified atom stereocenters. The summed E-state index contributed by atoms with van der Waals surface area (Å²) in [5, 5.41) is 2.69. The summed E-state index contributed by atoms with van der Waals surface area (Å²) < 4.78 is 32.6. The zero-order valence-corrected chi connectivity index (χ0v) is 12.0. The maximum atomic E-state index is 13.8. The number of nitrogens with one attached hydrogen (secondary N) is 1. The summed E-state index contributed by atoms with van der Waals surface area (Å²) in [5.41, 5.74) is 6.03. The van der Waals surface area contributed by atoms with E-state index in [4.69, 9.17) is 22.7 Å². The Hall–Kier alpha value is -2.28. The highest BCUT2D eigenvalue weighted by atomic mass is 32.1. The standard InChI is InChI=1S/C14H13F2N3OS/c1-20-12-3-2-8(6-18-12)7-19-13-10(15)4-9(14(17)21)5-11(13)16/h2-6,19H,7H2,1H3,(H2,17,21). The molecular weight excluding hydrogens is 296 g/mol. The molecular formula is C14H13F2N3OS. The number of nitrogens with zero attached hydrogens (tertiary/aromatic N) is 1. The molecule has 110 valence electrons. The second kappa shape index (κ2) is 6.45. The molecule has 1 aromatic heterocycles. The van der Waals surface area contributed by atoms with Crippen molar-refractivity contribution >= 4 is 22.9 Å². The number of methoxy groups -OCH3 is 1. The van der Waals surface area contributed by atoms with Gasteiger partial charge in [0.2, 0.25) is 5.88 Å². The number of anilines is 1. The Morgan fingerprint density at radius 1 is 1.33 bits per heavy atom. The van der Waals surface area contributed by atoms with Crippen LogP contribution in [0.4, 0.5) is 14.5 Å². The van der Waals surface area contributed by atoms with E-state index in [1.807, 2.05) is 0 Å². The van der Waals surface area contributed by atoms with Gasteiger partial charge in [-0.15, -0.1) is 0 Å². The molecule has 4 nitrogen and oxygen atoms in total. The third-order valence-corrected chi connectivity index (χ3v) is 3.04. The van der Waals surface area contributed by atoms with E-state index < -0.39 is 11.6 Å². The van der Waals surface area contributed by atoms with Gasteiger partial charge in [-0.2, -0.15) is 0 Å². The molecule has 2 rings (SSSR count). The summed E-state index contributed by atoms with van der Waals surface area (Å²) >= 11 is 4.69. The molecule has 2 aromatic rings. The Morgan fingerprint density at radius 3 is 2.48 bits per heavy atom. The molecule has 3 N–H and O–H groups in total. The highest BCUT2D eigenvalue weighted by Crippen LogP contribution is 2.21. The molecule has 0 aliphatic rings. The third kappa shape index (κ3) is 3.63. The minimum absolute atomic E-state index is 0.0568. The smallest absolute Gasteiger partial charge is 0.212 e. The molecule has 0 radical (unpaired) electrons. The Bertz CT molecular complexity index is 639. The molecule has 0 saturated carbocycles. The minimum atomic E-state index is -0.751. The summed E-state index contributed by atoms with van der Waals surface area (Å²) in [4.78, 5) is 3.95. The topological polar surface area (TPSA) is 60.2 Å². The number of rotatable bonds is 5. The monoisotopic (exact) mass is 309 g/mol. The number of pyridine rings is 1. The average molecular weight is 309 g/mol. The lowest BCUT2D eigenvalue weighted by Crippen LogP contribution is -2.12. The van der Waals surface area contributed by atoms with E-state index in [0.29, 0.717) is 5.88 Å².